The van der Waals surface area contributed by atoms with E-state index < -0.39 is 0 Å². The molecule has 90 valence electrons. The molecule has 3 atom stereocenters. The van der Waals surface area contributed by atoms with Gasteiger partial charge in [-0.1, -0.05) is 40.0 Å². The van der Waals surface area contributed by atoms with E-state index in [1.165, 1.54) is 38.5 Å². The van der Waals surface area contributed by atoms with Crippen molar-refractivity contribution in [1.82, 2.24) is 5.43 Å². The van der Waals surface area contributed by atoms with Crippen LogP contribution < -0.4 is 11.3 Å². The third-order valence-corrected chi connectivity index (χ3v) is 4.26. The number of hydrazine groups is 1. The molecule has 0 radical (unpaired) electrons. The summed E-state index contributed by atoms with van der Waals surface area (Å²) >= 11 is 0. The highest BCUT2D eigenvalue weighted by atomic mass is 15.2. The van der Waals surface area contributed by atoms with E-state index in [2.05, 4.69) is 26.2 Å². The minimum absolute atomic E-state index is 0.555. The molecule has 2 nitrogen and oxygen atoms in total. The first-order chi connectivity index (χ1) is 7.21. The van der Waals surface area contributed by atoms with Crippen molar-refractivity contribution in [2.24, 2.45) is 23.6 Å². The van der Waals surface area contributed by atoms with Gasteiger partial charge in [0.05, 0.1) is 0 Å². The van der Waals surface area contributed by atoms with Gasteiger partial charge in [-0.25, -0.2) is 0 Å². The molecule has 0 heterocycles. The number of hydrogen-bond acceptors (Lipinski definition) is 2. The number of hydrogen-bond donors (Lipinski definition) is 2. The van der Waals surface area contributed by atoms with Crippen LogP contribution in [-0.2, 0) is 0 Å². The molecule has 0 amide bonds. The van der Waals surface area contributed by atoms with Crippen LogP contribution in [0.25, 0.3) is 0 Å². The summed E-state index contributed by atoms with van der Waals surface area (Å²) in [5, 5.41) is 0. The molecular weight excluding hydrogens is 184 g/mol. The normalized spacial score (nSPS) is 28.6. The van der Waals surface area contributed by atoms with Crippen LogP contribution >= 0.6 is 0 Å². The van der Waals surface area contributed by atoms with Gasteiger partial charge in [0.15, 0.2) is 0 Å². The van der Waals surface area contributed by atoms with Crippen molar-refractivity contribution in [3.63, 3.8) is 0 Å². The summed E-state index contributed by atoms with van der Waals surface area (Å²) in [6, 6.07) is 0.555. The first-order valence-corrected chi connectivity index (χ1v) is 6.67. The summed E-state index contributed by atoms with van der Waals surface area (Å²) in [5.74, 6) is 8.29. The molecule has 1 rings (SSSR count). The minimum atomic E-state index is 0.555. The molecule has 1 fully saturated rings. The molecule has 1 aliphatic carbocycles. The predicted octanol–water partition coefficient (Wildman–Crippen LogP) is 3.08. The molecule has 0 bridgehead atoms. The molecule has 3 N–H and O–H groups in total. The lowest BCUT2D eigenvalue weighted by Crippen LogP contribution is -2.41. The Morgan fingerprint density at radius 2 is 1.93 bits per heavy atom. The highest BCUT2D eigenvalue weighted by Crippen LogP contribution is 2.34. The van der Waals surface area contributed by atoms with Crippen LogP contribution in [0.4, 0.5) is 0 Å². The molecule has 15 heavy (non-hydrogen) atoms. The predicted molar refractivity (Wildman–Crippen MR) is 66.3 cm³/mol. The van der Waals surface area contributed by atoms with Crippen molar-refractivity contribution in [1.29, 1.82) is 0 Å². The van der Waals surface area contributed by atoms with Gasteiger partial charge >= 0.3 is 0 Å². The van der Waals surface area contributed by atoms with Crippen LogP contribution in [0.5, 0.6) is 0 Å². The average molecular weight is 212 g/mol. The molecule has 1 aliphatic rings. The van der Waals surface area contributed by atoms with E-state index in [9.17, 15) is 0 Å². The van der Waals surface area contributed by atoms with Gasteiger partial charge in [-0.05, 0) is 37.0 Å². The zero-order valence-corrected chi connectivity index (χ0v) is 10.6. The van der Waals surface area contributed by atoms with Crippen molar-refractivity contribution < 1.29 is 0 Å². The summed E-state index contributed by atoms with van der Waals surface area (Å²) in [5.41, 5.74) is 3.06. The third-order valence-electron chi connectivity index (χ3n) is 4.26. The molecule has 0 aromatic rings. The van der Waals surface area contributed by atoms with E-state index in [1.807, 2.05) is 0 Å². The Bertz CT molecular complexity index is 166. The van der Waals surface area contributed by atoms with E-state index in [0.717, 1.165) is 17.8 Å². The zero-order chi connectivity index (χ0) is 11.3. The van der Waals surface area contributed by atoms with E-state index in [0.29, 0.717) is 6.04 Å². The molecule has 0 saturated heterocycles. The second-order valence-corrected chi connectivity index (χ2v) is 5.37. The van der Waals surface area contributed by atoms with Gasteiger partial charge in [0.1, 0.15) is 0 Å². The molecular formula is C13H28N2. The van der Waals surface area contributed by atoms with Gasteiger partial charge in [-0.3, -0.25) is 11.3 Å². The van der Waals surface area contributed by atoms with E-state index in [4.69, 9.17) is 5.84 Å². The Balaban J connectivity index is 2.41. The molecule has 0 aliphatic heterocycles. The lowest BCUT2D eigenvalue weighted by atomic mass is 9.87. The smallest absolute Gasteiger partial charge is 0.0241 e. The summed E-state index contributed by atoms with van der Waals surface area (Å²) in [6.07, 6.45) is 7.98. The van der Waals surface area contributed by atoms with E-state index in [-0.39, 0.29) is 0 Å². The Hall–Kier alpha value is -0.0800. The van der Waals surface area contributed by atoms with Gasteiger partial charge in [0.25, 0.3) is 0 Å². The maximum absolute atomic E-state index is 5.71. The maximum atomic E-state index is 5.71. The van der Waals surface area contributed by atoms with Gasteiger partial charge in [0, 0.05) is 6.04 Å². The Kier molecular flexibility index (Phi) is 5.62. The molecule has 2 heteroatoms. The molecule has 0 aromatic heterocycles. The van der Waals surface area contributed by atoms with Crippen LogP contribution in [0.3, 0.4) is 0 Å². The van der Waals surface area contributed by atoms with Crippen molar-refractivity contribution in [2.45, 2.75) is 65.3 Å². The van der Waals surface area contributed by atoms with Crippen LogP contribution in [0.15, 0.2) is 0 Å². The molecule has 3 unspecified atom stereocenters. The first-order valence-electron chi connectivity index (χ1n) is 6.67. The standard InChI is InChI=1S/C13H28N2/c1-4-11(5-2)9-13(15-14)12-7-6-10(3)8-12/h10-13,15H,4-9,14H2,1-3H3. The van der Waals surface area contributed by atoms with E-state index in [1.54, 1.807) is 0 Å². The number of nitrogens with two attached hydrogens (primary N) is 1. The fourth-order valence-corrected chi connectivity index (χ4v) is 2.99. The van der Waals surface area contributed by atoms with Gasteiger partial charge in [-0.2, -0.15) is 0 Å². The highest BCUT2D eigenvalue weighted by Gasteiger charge is 2.29. The summed E-state index contributed by atoms with van der Waals surface area (Å²) in [4.78, 5) is 0. The van der Waals surface area contributed by atoms with Crippen molar-refractivity contribution in [2.75, 3.05) is 0 Å². The number of rotatable bonds is 6. The largest absolute Gasteiger partial charge is 0.271 e. The third kappa shape index (κ3) is 3.76. The topological polar surface area (TPSA) is 38.0 Å². The van der Waals surface area contributed by atoms with Gasteiger partial charge in [0.2, 0.25) is 0 Å². The molecule has 0 aromatic carbocycles. The average Bonchev–Trinajstić information content (AvgIpc) is 2.67. The van der Waals surface area contributed by atoms with Crippen molar-refractivity contribution in [3.8, 4) is 0 Å². The second-order valence-electron chi connectivity index (χ2n) is 5.37. The lowest BCUT2D eigenvalue weighted by Gasteiger charge is -2.26. The minimum Gasteiger partial charge on any atom is -0.271 e. The first kappa shape index (κ1) is 13.0. The second kappa shape index (κ2) is 6.49. The fourth-order valence-electron chi connectivity index (χ4n) is 2.99. The Labute approximate surface area is 95.0 Å². The SMILES string of the molecule is CCC(CC)CC(NN)C1CCC(C)C1. The van der Waals surface area contributed by atoms with Gasteiger partial charge in [-0.15, -0.1) is 0 Å². The fraction of sp³-hybridized carbons (Fsp3) is 1.00. The maximum Gasteiger partial charge on any atom is 0.0241 e. The Morgan fingerprint density at radius 3 is 2.33 bits per heavy atom. The van der Waals surface area contributed by atoms with Crippen LogP contribution in [0.2, 0.25) is 0 Å². The lowest BCUT2D eigenvalue weighted by molar-refractivity contribution is 0.282. The molecule has 1 saturated carbocycles. The highest BCUT2D eigenvalue weighted by molar-refractivity contribution is 4.83. The quantitative estimate of drug-likeness (QED) is 0.524. The monoisotopic (exact) mass is 212 g/mol. The zero-order valence-electron chi connectivity index (χ0n) is 10.6. The summed E-state index contributed by atoms with van der Waals surface area (Å²) in [7, 11) is 0. The van der Waals surface area contributed by atoms with Crippen molar-refractivity contribution in [3.05, 3.63) is 0 Å². The van der Waals surface area contributed by atoms with E-state index >= 15 is 0 Å². The van der Waals surface area contributed by atoms with Crippen LogP contribution in [-0.4, -0.2) is 6.04 Å². The molecule has 0 spiro atoms. The van der Waals surface area contributed by atoms with Crippen molar-refractivity contribution >= 4 is 0 Å². The summed E-state index contributed by atoms with van der Waals surface area (Å²) < 4.78 is 0. The Morgan fingerprint density at radius 1 is 1.27 bits per heavy atom. The van der Waals surface area contributed by atoms with Gasteiger partial charge < -0.3 is 0 Å². The van der Waals surface area contributed by atoms with Crippen LogP contribution in [0, 0.1) is 17.8 Å². The number of nitrogens with one attached hydrogen (secondary N) is 1. The van der Waals surface area contributed by atoms with Crippen LogP contribution in [0.1, 0.15) is 59.3 Å². The summed E-state index contributed by atoms with van der Waals surface area (Å²) in [6.45, 7) is 6.95.